The lowest BCUT2D eigenvalue weighted by molar-refractivity contribution is -0.384. The topological polar surface area (TPSA) is 60.1 Å². The van der Waals surface area contributed by atoms with Gasteiger partial charge in [0.05, 0.1) is 11.0 Å². The minimum absolute atomic E-state index is 0.0531. The number of nitro groups is 1. The van der Waals surface area contributed by atoms with Crippen molar-refractivity contribution in [3.8, 4) is 0 Å². The van der Waals surface area contributed by atoms with Crippen molar-refractivity contribution in [3.63, 3.8) is 0 Å². The van der Waals surface area contributed by atoms with Gasteiger partial charge in [-0.1, -0.05) is 19.1 Å². The zero-order valence-electron chi connectivity index (χ0n) is 10.1. The highest BCUT2D eigenvalue weighted by atomic mass is 16.6. The van der Waals surface area contributed by atoms with Gasteiger partial charge in [0.15, 0.2) is 0 Å². The van der Waals surface area contributed by atoms with E-state index in [2.05, 4.69) is 5.43 Å². The Morgan fingerprint density at radius 1 is 1.33 bits per heavy atom. The van der Waals surface area contributed by atoms with Gasteiger partial charge in [0, 0.05) is 24.5 Å². The molecule has 0 aliphatic heterocycles. The zero-order chi connectivity index (χ0) is 13.0. The summed E-state index contributed by atoms with van der Waals surface area (Å²) in [5, 5.41) is 10.8. The molecule has 0 saturated carbocycles. The molecule has 0 aliphatic rings. The molecule has 0 aliphatic carbocycles. The molecule has 1 N–H and O–H groups in total. The highest BCUT2D eigenvalue weighted by molar-refractivity contribution is 5.36. The number of rotatable bonds is 5. The van der Waals surface area contributed by atoms with E-state index >= 15 is 0 Å². The molecule has 1 aromatic carbocycles. The van der Waals surface area contributed by atoms with Crippen LogP contribution in [0.25, 0.3) is 0 Å². The van der Waals surface area contributed by atoms with Gasteiger partial charge in [-0.05, 0) is 24.1 Å². The molecular weight excluding hydrogens is 230 g/mol. The molecule has 0 bridgehead atoms. The number of non-ortho nitro benzene ring substituents is 1. The largest absolute Gasteiger partial charge is 0.319 e. The average Bonchev–Trinajstić information content (AvgIpc) is 2.89. The van der Waals surface area contributed by atoms with Gasteiger partial charge in [0.1, 0.15) is 0 Å². The molecule has 1 heterocycles. The number of hydrogen-bond donors (Lipinski definition) is 1. The molecular formula is C13H15N3O2. The van der Waals surface area contributed by atoms with Crippen molar-refractivity contribution in [2.45, 2.75) is 19.4 Å². The Hall–Kier alpha value is -2.30. The molecule has 94 valence electrons. The molecule has 0 fully saturated rings. The predicted molar refractivity (Wildman–Crippen MR) is 69.9 cm³/mol. The Bertz CT molecular complexity index is 523. The molecule has 5 heteroatoms. The van der Waals surface area contributed by atoms with E-state index in [1.807, 2.05) is 42.2 Å². The van der Waals surface area contributed by atoms with Crippen molar-refractivity contribution in [3.05, 3.63) is 64.5 Å². The number of nitrogens with one attached hydrogen (secondary N) is 1. The number of nitrogens with zero attached hydrogens (tertiary/aromatic N) is 2. The highest BCUT2D eigenvalue weighted by Gasteiger charge is 2.13. The van der Waals surface area contributed by atoms with Crippen molar-refractivity contribution < 1.29 is 4.92 Å². The van der Waals surface area contributed by atoms with Gasteiger partial charge >= 0.3 is 0 Å². The normalized spacial score (nSPS) is 12.1. The van der Waals surface area contributed by atoms with Crippen LogP contribution in [0.2, 0.25) is 0 Å². The van der Waals surface area contributed by atoms with Crippen molar-refractivity contribution in [1.82, 2.24) is 4.68 Å². The van der Waals surface area contributed by atoms with Crippen LogP contribution in [-0.2, 0) is 0 Å². The maximum atomic E-state index is 10.8. The summed E-state index contributed by atoms with van der Waals surface area (Å²) < 4.78 is 1.85. The molecule has 1 unspecified atom stereocenters. The van der Waals surface area contributed by atoms with Gasteiger partial charge in [-0.3, -0.25) is 14.8 Å². The van der Waals surface area contributed by atoms with Crippen LogP contribution in [0.3, 0.4) is 0 Å². The van der Waals surface area contributed by atoms with Gasteiger partial charge in [-0.15, -0.1) is 0 Å². The van der Waals surface area contributed by atoms with Crippen LogP contribution in [0.5, 0.6) is 0 Å². The molecule has 0 amide bonds. The second-order valence-corrected chi connectivity index (χ2v) is 4.03. The Kier molecular flexibility index (Phi) is 3.62. The van der Waals surface area contributed by atoms with Crippen molar-refractivity contribution in [2.24, 2.45) is 0 Å². The van der Waals surface area contributed by atoms with Gasteiger partial charge < -0.3 is 5.43 Å². The number of hydrogen-bond acceptors (Lipinski definition) is 3. The molecule has 2 rings (SSSR count). The maximum Gasteiger partial charge on any atom is 0.269 e. The third-order valence-corrected chi connectivity index (χ3v) is 2.80. The standard InChI is InChI=1S/C13H15N3O2/c1-2-13(14-15-8-3-4-9-15)11-6-5-7-12(10-11)16(17)18/h3-10,13-14H,2H2,1H3. The summed E-state index contributed by atoms with van der Waals surface area (Å²) in [4.78, 5) is 10.4. The minimum Gasteiger partial charge on any atom is -0.319 e. The van der Waals surface area contributed by atoms with Crippen LogP contribution >= 0.6 is 0 Å². The van der Waals surface area contributed by atoms with E-state index in [1.165, 1.54) is 6.07 Å². The maximum absolute atomic E-state index is 10.8. The molecule has 18 heavy (non-hydrogen) atoms. The van der Waals surface area contributed by atoms with E-state index < -0.39 is 0 Å². The number of nitro benzene ring substituents is 1. The van der Waals surface area contributed by atoms with Gasteiger partial charge in [-0.25, -0.2) is 0 Å². The van der Waals surface area contributed by atoms with Crippen LogP contribution < -0.4 is 5.43 Å². The third kappa shape index (κ3) is 2.68. The summed E-state index contributed by atoms with van der Waals surface area (Å²) in [5.74, 6) is 0. The summed E-state index contributed by atoms with van der Waals surface area (Å²) in [6.45, 7) is 2.04. The zero-order valence-corrected chi connectivity index (χ0v) is 10.1. The number of aromatic nitrogens is 1. The molecule has 0 saturated heterocycles. The van der Waals surface area contributed by atoms with Crippen LogP contribution in [0.15, 0.2) is 48.8 Å². The van der Waals surface area contributed by atoms with E-state index in [0.717, 1.165) is 12.0 Å². The van der Waals surface area contributed by atoms with E-state index in [-0.39, 0.29) is 16.7 Å². The summed E-state index contributed by atoms with van der Waals surface area (Å²) in [6, 6.07) is 10.6. The molecule has 0 radical (unpaired) electrons. The summed E-state index contributed by atoms with van der Waals surface area (Å²) in [7, 11) is 0. The lowest BCUT2D eigenvalue weighted by Gasteiger charge is -2.19. The first-order valence-electron chi connectivity index (χ1n) is 5.84. The highest BCUT2D eigenvalue weighted by Crippen LogP contribution is 2.22. The van der Waals surface area contributed by atoms with E-state index in [0.29, 0.717) is 0 Å². The second-order valence-electron chi connectivity index (χ2n) is 4.03. The van der Waals surface area contributed by atoms with E-state index in [4.69, 9.17) is 0 Å². The Morgan fingerprint density at radius 2 is 2.06 bits per heavy atom. The fraction of sp³-hybridized carbons (Fsp3) is 0.231. The van der Waals surface area contributed by atoms with Gasteiger partial charge in [-0.2, -0.15) is 0 Å². The third-order valence-electron chi connectivity index (χ3n) is 2.80. The molecule has 1 aromatic heterocycles. The fourth-order valence-corrected chi connectivity index (χ4v) is 1.86. The Morgan fingerprint density at radius 3 is 2.67 bits per heavy atom. The predicted octanol–water partition coefficient (Wildman–Crippen LogP) is 3.09. The van der Waals surface area contributed by atoms with Crippen LogP contribution in [0.1, 0.15) is 24.9 Å². The van der Waals surface area contributed by atoms with Crippen molar-refractivity contribution >= 4 is 5.69 Å². The van der Waals surface area contributed by atoms with Gasteiger partial charge in [0.2, 0.25) is 0 Å². The number of benzene rings is 1. The lowest BCUT2D eigenvalue weighted by atomic mass is 10.0. The van der Waals surface area contributed by atoms with Crippen LogP contribution in [-0.4, -0.2) is 9.60 Å². The molecule has 0 spiro atoms. The smallest absolute Gasteiger partial charge is 0.269 e. The second kappa shape index (κ2) is 5.35. The molecule has 5 nitrogen and oxygen atoms in total. The average molecular weight is 245 g/mol. The Balaban J connectivity index is 2.21. The van der Waals surface area contributed by atoms with Crippen molar-refractivity contribution in [2.75, 3.05) is 5.43 Å². The molecule has 2 aromatic rings. The van der Waals surface area contributed by atoms with Crippen LogP contribution in [0.4, 0.5) is 5.69 Å². The quantitative estimate of drug-likeness (QED) is 0.650. The Labute approximate surface area is 105 Å². The summed E-state index contributed by atoms with van der Waals surface area (Å²) in [6.07, 6.45) is 4.65. The van der Waals surface area contributed by atoms with Gasteiger partial charge in [0.25, 0.3) is 5.69 Å². The summed E-state index contributed by atoms with van der Waals surface area (Å²) in [5.41, 5.74) is 4.33. The van der Waals surface area contributed by atoms with Crippen molar-refractivity contribution in [1.29, 1.82) is 0 Å². The minimum atomic E-state index is -0.369. The summed E-state index contributed by atoms with van der Waals surface area (Å²) >= 11 is 0. The SMILES string of the molecule is CCC(Nn1cccc1)c1cccc([N+](=O)[O-])c1. The lowest BCUT2D eigenvalue weighted by Crippen LogP contribution is -2.19. The van der Waals surface area contributed by atoms with E-state index in [1.54, 1.807) is 12.1 Å². The fourth-order valence-electron chi connectivity index (χ4n) is 1.86. The molecule has 1 atom stereocenters. The first-order chi connectivity index (χ1) is 8.70. The first kappa shape index (κ1) is 12.2. The van der Waals surface area contributed by atoms with E-state index in [9.17, 15) is 10.1 Å². The monoisotopic (exact) mass is 245 g/mol. The first-order valence-corrected chi connectivity index (χ1v) is 5.84. The van der Waals surface area contributed by atoms with Crippen LogP contribution in [0, 0.1) is 10.1 Å².